The van der Waals surface area contributed by atoms with Gasteiger partial charge in [-0.2, -0.15) is 0 Å². The fraction of sp³-hybridized carbons (Fsp3) is 0.333. The Morgan fingerprint density at radius 3 is 2.70 bits per heavy atom. The predicted molar refractivity (Wildman–Crippen MR) is 102 cm³/mol. The lowest BCUT2D eigenvalue weighted by molar-refractivity contribution is 0.220. The summed E-state index contributed by atoms with van der Waals surface area (Å²) in [4.78, 5) is 2.36. The first-order valence-electron chi connectivity index (χ1n) is 9.12. The van der Waals surface area contributed by atoms with Gasteiger partial charge >= 0.3 is 0 Å². The van der Waals surface area contributed by atoms with Crippen LogP contribution in [0.25, 0.3) is 11.5 Å². The maximum Gasteiger partial charge on any atom is 0.247 e. The van der Waals surface area contributed by atoms with Gasteiger partial charge in [0.15, 0.2) is 0 Å². The number of methoxy groups -OCH3 is 2. The molecule has 0 amide bonds. The van der Waals surface area contributed by atoms with E-state index in [4.69, 9.17) is 13.9 Å². The molecule has 6 nitrogen and oxygen atoms in total. The quantitative estimate of drug-likeness (QED) is 0.656. The van der Waals surface area contributed by atoms with Crippen molar-refractivity contribution >= 4 is 0 Å². The molecule has 2 aromatic carbocycles. The molecule has 2 heterocycles. The van der Waals surface area contributed by atoms with Crippen LogP contribution in [-0.4, -0.2) is 35.9 Å². The molecule has 1 saturated heterocycles. The highest BCUT2D eigenvalue weighted by Crippen LogP contribution is 2.39. The zero-order valence-electron chi connectivity index (χ0n) is 15.6. The van der Waals surface area contributed by atoms with Crippen LogP contribution >= 0.6 is 0 Å². The molecular weight excluding hydrogens is 342 g/mol. The van der Waals surface area contributed by atoms with Crippen LogP contribution in [0.2, 0.25) is 0 Å². The van der Waals surface area contributed by atoms with Crippen molar-refractivity contribution in [2.45, 2.75) is 25.4 Å². The van der Waals surface area contributed by atoms with Gasteiger partial charge in [0.1, 0.15) is 11.5 Å². The van der Waals surface area contributed by atoms with E-state index in [-0.39, 0.29) is 6.04 Å². The molecule has 3 aromatic rings. The summed E-state index contributed by atoms with van der Waals surface area (Å²) in [7, 11) is 3.39. The second-order valence-electron chi connectivity index (χ2n) is 6.60. The van der Waals surface area contributed by atoms with E-state index in [1.807, 2.05) is 42.5 Å². The molecule has 1 aliphatic rings. The first kappa shape index (κ1) is 17.5. The second kappa shape index (κ2) is 7.80. The number of hydrogen-bond donors (Lipinski definition) is 0. The van der Waals surface area contributed by atoms with Crippen LogP contribution in [0, 0.1) is 0 Å². The van der Waals surface area contributed by atoms with Crippen molar-refractivity contribution in [2.75, 3.05) is 20.8 Å². The summed E-state index contributed by atoms with van der Waals surface area (Å²) in [6.45, 7) is 1.60. The van der Waals surface area contributed by atoms with Gasteiger partial charge in [-0.25, -0.2) is 0 Å². The Bertz CT molecular complexity index is 895. The van der Waals surface area contributed by atoms with Crippen molar-refractivity contribution in [3.05, 3.63) is 60.0 Å². The first-order chi connectivity index (χ1) is 13.3. The van der Waals surface area contributed by atoms with Crippen LogP contribution < -0.4 is 9.47 Å². The molecule has 1 fully saturated rings. The SMILES string of the molecule is COc1ccc(OC)c(C2CCCN2Cc2nnc(-c3ccccc3)o2)c1. The second-order valence-corrected chi connectivity index (χ2v) is 6.60. The molecule has 1 atom stereocenters. The van der Waals surface area contributed by atoms with Gasteiger partial charge in [0.05, 0.1) is 20.8 Å². The summed E-state index contributed by atoms with van der Waals surface area (Å²) in [6.07, 6.45) is 2.17. The van der Waals surface area contributed by atoms with Crippen molar-refractivity contribution < 1.29 is 13.9 Å². The number of nitrogens with zero attached hydrogens (tertiary/aromatic N) is 3. The minimum absolute atomic E-state index is 0.238. The van der Waals surface area contributed by atoms with E-state index in [0.29, 0.717) is 18.3 Å². The average molecular weight is 365 g/mol. The highest BCUT2D eigenvalue weighted by Gasteiger charge is 2.30. The highest BCUT2D eigenvalue weighted by atomic mass is 16.5. The Kier molecular flexibility index (Phi) is 5.07. The smallest absolute Gasteiger partial charge is 0.247 e. The van der Waals surface area contributed by atoms with Gasteiger partial charge in [-0.15, -0.1) is 10.2 Å². The lowest BCUT2D eigenvalue weighted by atomic mass is 10.0. The number of rotatable bonds is 6. The predicted octanol–water partition coefficient (Wildman–Crippen LogP) is 4.09. The molecule has 0 bridgehead atoms. The van der Waals surface area contributed by atoms with E-state index >= 15 is 0 Å². The molecule has 0 radical (unpaired) electrons. The van der Waals surface area contributed by atoms with Crippen molar-refractivity contribution in [1.82, 2.24) is 15.1 Å². The van der Waals surface area contributed by atoms with Crippen LogP contribution in [0.1, 0.15) is 30.3 Å². The standard InChI is InChI=1S/C21H23N3O3/c1-25-16-10-11-19(26-2)17(13-16)18-9-6-12-24(18)14-20-22-23-21(27-20)15-7-4-3-5-8-15/h3-5,7-8,10-11,13,18H,6,9,12,14H2,1-2H3. The third-order valence-electron chi connectivity index (χ3n) is 4.99. The molecule has 0 N–H and O–H groups in total. The van der Waals surface area contributed by atoms with Crippen LogP contribution in [0.15, 0.2) is 52.9 Å². The van der Waals surface area contributed by atoms with Crippen LogP contribution in [0.3, 0.4) is 0 Å². The normalized spacial score (nSPS) is 17.2. The summed E-state index contributed by atoms with van der Waals surface area (Å²) in [5, 5.41) is 8.45. The fourth-order valence-electron chi connectivity index (χ4n) is 3.66. The van der Waals surface area contributed by atoms with Crippen molar-refractivity contribution in [3.8, 4) is 23.0 Å². The van der Waals surface area contributed by atoms with E-state index in [9.17, 15) is 0 Å². The third-order valence-corrected chi connectivity index (χ3v) is 4.99. The fourth-order valence-corrected chi connectivity index (χ4v) is 3.66. The summed E-state index contributed by atoms with van der Waals surface area (Å²) in [5.74, 6) is 2.90. The largest absolute Gasteiger partial charge is 0.497 e. The zero-order valence-corrected chi connectivity index (χ0v) is 15.6. The van der Waals surface area contributed by atoms with Crippen LogP contribution in [0.4, 0.5) is 0 Å². The van der Waals surface area contributed by atoms with Gasteiger partial charge < -0.3 is 13.9 Å². The van der Waals surface area contributed by atoms with E-state index in [2.05, 4.69) is 21.2 Å². The molecule has 0 aliphatic carbocycles. The molecule has 27 heavy (non-hydrogen) atoms. The Hall–Kier alpha value is -2.86. The number of hydrogen-bond acceptors (Lipinski definition) is 6. The monoisotopic (exact) mass is 365 g/mol. The lowest BCUT2D eigenvalue weighted by Gasteiger charge is -2.25. The van der Waals surface area contributed by atoms with Crippen molar-refractivity contribution in [3.63, 3.8) is 0 Å². The van der Waals surface area contributed by atoms with E-state index in [1.54, 1.807) is 14.2 Å². The van der Waals surface area contributed by atoms with E-state index in [0.717, 1.165) is 42.0 Å². The topological polar surface area (TPSA) is 60.6 Å². The molecule has 1 aromatic heterocycles. The van der Waals surface area contributed by atoms with Crippen LogP contribution in [0.5, 0.6) is 11.5 Å². The third kappa shape index (κ3) is 3.66. The van der Waals surface area contributed by atoms with Gasteiger partial charge in [0.2, 0.25) is 11.8 Å². The van der Waals surface area contributed by atoms with Gasteiger partial charge in [0, 0.05) is 17.2 Å². The number of benzene rings is 2. The maximum absolute atomic E-state index is 5.90. The molecule has 140 valence electrons. The van der Waals surface area contributed by atoms with Crippen molar-refractivity contribution in [1.29, 1.82) is 0 Å². The van der Waals surface area contributed by atoms with Crippen LogP contribution in [-0.2, 0) is 6.54 Å². The maximum atomic E-state index is 5.90. The van der Waals surface area contributed by atoms with Gasteiger partial charge in [-0.3, -0.25) is 4.90 Å². The molecular formula is C21H23N3O3. The number of ether oxygens (including phenoxy) is 2. The van der Waals surface area contributed by atoms with E-state index < -0.39 is 0 Å². The average Bonchev–Trinajstić information content (AvgIpc) is 3.38. The number of likely N-dealkylation sites (tertiary alicyclic amines) is 1. The Labute approximate surface area is 158 Å². The van der Waals surface area contributed by atoms with Crippen molar-refractivity contribution in [2.24, 2.45) is 0 Å². The first-order valence-corrected chi connectivity index (χ1v) is 9.12. The zero-order chi connectivity index (χ0) is 18.6. The van der Waals surface area contributed by atoms with Gasteiger partial charge in [0.25, 0.3) is 0 Å². The minimum atomic E-state index is 0.238. The minimum Gasteiger partial charge on any atom is -0.497 e. The van der Waals surface area contributed by atoms with Gasteiger partial charge in [-0.1, -0.05) is 18.2 Å². The molecule has 6 heteroatoms. The number of aromatic nitrogens is 2. The molecule has 4 rings (SSSR count). The summed E-state index contributed by atoms with van der Waals surface area (Å²) in [6, 6.07) is 16.0. The molecule has 0 spiro atoms. The Balaban J connectivity index is 1.55. The molecule has 1 aliphatic heterocycles. The summed E-state index contributed by atoms with van der Waals surface area (Å²) >= 11 is 0. The van der Waals surface area contributed by atoms with E-state index in [1.165, 1.54) is 0 Å². The summed E-state index contributed by atoms with van der Waals surface area (Å²) < 4.78 is 16.9. The molecule has 1 unspecified atom stereocenters. The van der Waals surface area contributed by atoms with Gasteiger partial charge in [-0.05, 0) is 49.7 Å². The lowest BCUT2D eigenvalue weighted by Crippen LogP contribution is -2.23. The Morgan fingerprint density at radius 2 is 1.93 bits per heavy atom. The Morgan fingerprint density at radius 1 is 1.07 bits per heavy atom. The summed E-state index contributed by atoms with van der Waals surface area (Å²) in [5.41, 5.74) is 2.07. The highest BCUT2D eigenvalue weighted by molar-refractivity contribution is 5.51. The molecule has 0 saturated carbocycles.